The first kappa shape index (κ1) is 8.38. The van der Waals surface area contributed by atoms with Crippen molar-refractivity contribution in [1.29, 1.82) is 0 Å². The van der Waals surface area contributed by atoms with Crippen LogP contribution in [0.4, 0.5) is 5.69 Å². The molecule has 0 saturated carbocycles. The van der Waals surface area contributed by atoms with Crippen LogP contribution >= 0.6 is 0 Å². The SMILES string of the molecule is CCOC(=O)c1n[nH]cc1N=O. The maximum atomic E-state index is 11.0. The normalized spacial score (nSPS) is 9.42. The summed E-state index contributed by atoms with van der Waals surface area (Å²) in [6.07, 6.45) is 1.24. The molecule has 6 nitrogen and oxygen atoms in total. The summed E-state index contributed by atoms with van der Waals surface area (Å²) in [6, 6.07) is 0. The Labute approximate surface area is 67.9 Å². The fraction of sp³-hybridized carbons (Fsp3) is 0.333. The Bertz CT molecular complexity index is 294. The summed E-state index contributed by atoms with van der Waals surface area (Å²) in [5, 5.41) is 8.45. The second-order valence-electron chi connectivity index (χ2n) is 1.93. The standard InChI is InChI=1S/C6H7N3O3/c1-2-12-6(10)5-4(9-11)3-7-8-5/h3H,2H2,1H3,(H,7,8). The third-order valence-electron chi connectivity index (χ3n) is 1.19. The molecule has 0 aliphatic rings. The maximum Gasteiger partial charge on any atom is 0.361 e. The number of aromatic amines is 1. The van der Waals surface area contributed by atoms with E-state index in [4.69, 9.17) is 0 Å². The summed E-state index contributed by atoms with van der Waals surface area (Å²) < 4.78 is 4.61. The number of aromatic nitrogens is 2. The highest BCUT2D eigenvalue weighted by atomic mass is 16.5. The van der Waals surface area contributed by atoms with Crippen LogP contribution in [-0.2, 0) is 4.74 Å². The molecule has 0 unspecified atom stereocenters. The van der Waals surface area contributed by atoms with Crippen molar-refractivity contribution in [1.82, 2.24) is 10.2 Å². The molecule has 0 aliphatic carbocycles. The molecule has 0 spiro atoms. The molecule has 0 atom stereocenters. The molecule has 64 valence electrons. The number of nitrogens with one attached hydrogen (secondary N) is 1. The van der Waals surface area contributed by atoms with Gasteiger partial charge in [0.05, 0.1) is 12.8 Å². The molecule has 1 rings (SSSR count). The Morgan fingerprint density at radius 2 is 2.58 bits per heavy atom. The van der Waals surface area contributed by atoms with Gasteiger partial charge in [-0.3, -0.25) is 5.10 Å². The topological polar surface area (TPSA) is 84.4 Å². The van der Waals surface area contributed by atoms with Gasteiger partial charge in [0.1, 0.15) is 0 Å². The summed E-state index contributed by atoms with van der Waals surface area (Å²) in [5.41, 5.74) is -0.111. The maximum absolute atomic E-state index is 11.0. The van der Waals surface area contributed by atoms with Crippen LogP contribution in [0.2, 0.25) is 0 Å². The Morgan fingerprint density at radius 1 is 1.83 bits per heavy atom. The molecule has 1 heterocycles. The highest BCUT2D eigenvalue weighted by Gasteiger charge is 2.15. The molecular formula is C6H7N3O3. The number of ether oxygens (including phenoxy) is 1. The first-order valence-corrected chi connectivity index (χ1v) is 3.33. The number of carbonyl (C=O) groups excluding carboxylic acids is 1. The van der Waals surface area contributed by atoms with Gasteiger partial charge in [0, 0.05) is 0 Å². The quantitative estimate of drug-likeness (QED) is 0.540. The van der Waals surface area contributed by atoms with Gasteiger partial charge in [-0.25, -0.2) is 4.79 Å². The van der Waals surface area contributed by atoms with Crippen molar-refractivity contribution in [3.05, 3.63) is 16.8 Å². The molecule has 0 fully saturated rings. The van der Waals surface area contributed by atoms with E-state index in [0.29, 0.717) is 0 Å². The monoisotopic (exact) mass is 169 g/mol. The van der Waals surface area contributed by atoms with E-state index in [1.54, 1.807) is 6.92 Å². The van der Waals surface area contributed by atoms with Gasteiger partial charge in [-0.05, 0) is 12.1 Å². The van der Waals surface area contributed by atoms with Crippen LogP contribution in [-0.4, -0.2) is 22.8 Å². The Kier molecular flexibility index (Phi) is 2.52. The first-order valence-electron chi connectivity index (χ1n) is 3.33. The molecule has 0 aromatic carbocycles. The number of hydrogen-bond acceptors (Lipinski definition) is 5. The van der Waals surface area contributed by atoms with Crippen molar-refractivity contribution in [3.63, 3.8) is 0 Å². The van der Waals surface area contributed by atoms with Crippen molar-refractivity contribution in [2.24, 2.45) is 5.18 Å². The second kappa shape index (κ2) is 3.61. The summed E-state index contributed by atoms with van der Waals surface area (Å²) in [7, 11) is 0. The van der Waals surface area contributed by atoms with E-state index in [2.05, 4.69) is 20.1 Å². The third kappa shape index (κ3) is 1.47. The molecule has 0 amide bonds. The van der Waals surface area contributed by atoms with E-state index >= 15 is 0 Å². The summed E-state index contributed by atoms with van der Waals surface area (Å²) >= 11 is 0. The lowest BCUT2D eigenvalue weighted by molar-refractivity contribution is 0.0520. The zero-order chi connectivity index (χ0) is 8.97. The molecule has 0 bridgehead atoms. The zero-order valence-electron chi connectivity index (χ0n) is 6.40. The van der Waals surface area contributed by atoms with Gasteiger partial charge < -0.3 is 4.74 Å². The van der Waals surface area contributed by atoms with Gasteiger partial charge >= 0.3 is 5.97 Å². The van der Waals surface area contributed by atoms with Crippen LogP contribution in [0, 0.1) is 4.91 Å². The molecule has 0 aliphatic heterocycles. The van der Waals surface area contributed by atoms with Crippen molar-refractivity contribution in [2.75, 3.05) is 6.61 Å². The highest BCUT2D eigenvalue weighted by Crippen LogP contribution is 2.15. The molecule has 1 N–H and O–H groups in total. The highest BCUT2D eigenvalue weighted by molar-refractivity contribution is 5.92. The molecule has 1 aromatic heterocycles. The summed E-state index contributed by atoms with van der Waals surface area (Å²) in [5.74, 6) is -0.645. The largest absolute Gasteiger partial charge is 0.461 e. The van der Waals surface area contributed by atoms with Crippen molar-refractivity contribution >= 4 is 11.7 Å². The second-order valence-corrected chi connectivity index (χ2v) is 1.93. The Morgan fingerprint density at radius 3 is 3.17 bits per heavy atom. The van der Waals surface area contributed by atoms with Gasteiger partial charge in [-0.2, -0.15) is 5.10 Å². The van der Waals surface area contributed by atoms with Crippen LogP contribution in [0.1, 0.15) is 17.4 Å². The van der Waals surface area contributed by atoms with E-state index in [1.165, 1.54) is 6.20 Å². The van der Waals surface area contributed by atoms with E-state index in [9.17, 15) is 9.70 Å². The number of nitrogens with zero attached hydrogens (tertiary/aromatic N) is 2. The lowest BCUT2D eigenvalue weighted by Crippen LogP contribution is -2.05. The van der Waals surface area contributed by atoms with Crippen molar-refractivity contribution in [3.8, 4) is 0 Å². The number of nitroso groups, excluding NO2 is 1. The van der Waals surface area contributed by atoms with Gasteiger partial charge in [0.2, 0.25) is 0 Å². The fourth-order valence-electron chi connectivity index (χ4n) is 0.703. The number of H-pyrrole nitrogens is 1. The molecule has 0 saturated heterocycles. The molecule has 1 aromatic rings. The predicted octanol–water partition coefficient (Wildman–Crippen LogP) is 0.984. The number of esters is 1. The van der Waals surface area contributed by atoms with Crippen LogP contribution < -0.4 is 0 Å². The average Bonchev–Trinajstić information content (AvgIpc) is 2.51. The smallest absolute Gasteiger partial charge is 0.361 e. The zero-order valence-corrected chi connectivity index (χ0v) is 6.40. The van der Waals surface area contributed by atoms with Crippen LogP contribution in [0.3, 0.4) is 0 Å². The fourth-order valence-corrected chi connectivity index (χ4v) is 0.703. The lowest BCUT2D eigenvalue weighted by atomic mass is 10.4. The van der Waals surface area contributed by atoms with E-state index in [1.807, 2.05) is 0 Å². The van der Waals surface area contributed by atoms with Gasteiger partial charge in [-0.15, -0.1) is 4.91 Å². The molecule has 12 heavy (non-hydrogen) atoms. The lowest BCUT2D eigenvalue weighted by Gasteiger charge is -1.96. The first-order chi connectivity index (χ1) is 5.79. The summed E-state index contributed by atoms with van der Waals surface area (Å²) in [6.45, 7) is 1.91. The molecule has 0 radical (unpaired) electrons. The Hall–Kier alpha value is -1.72. The van der Waals surface area contributed by atoms with Crippen molar-refractivity contribution < 1.29 is 9.53 Å². The third-order valence-corrected chi connectivity index (χ3v) is 1.19. The minimum Gasteiger partial charge on any atom is -0.461 e. The summed E-state index contributed by atoms with van der Waals surface area (Å²) in [4.78, 5) is 21.1. The van der Waals surface area contributed by atoms with Crippen molar-refractivity contribution in [2.45, 2.75) is 6.92 Å². The predicted molar refractivity (Wildman–Crippen MR) is 40.0 cm³/mol. The van der Waals surface area contributed by atoms with E-state index in [0.717, 1.165) is 0 Å². The van der Waals surface area contributed by atoms with Gasteiger partial charge in [0.15, 0.2) is 11.4 Å². The average molecular weight is 169 g/mol. The Balaban J connectivity index is 2.86. The van der Waals surface area contributed by atoms with Crippen LogP contribution in [0.15, 0.2) is 11.4 Å². The number of hydrogen-bond donors (Lipinski definition) is 1. The minimum absolute atomic E-state index is 0.0338. The van der Waals surface area contributed by atoms with E-state index < -0.39 is 5.97 Å². The minimum atomic E-state index is -0.645. The number of carbonyl (C=O) groups is 1. The number of rotatable bonds is 3. The van der Waals surface area contributed by atoms with Gasteiger partial charge in [-0.1, -0.05) is 0 Å². The molecular weight excluding hydrogens is 162 g/mol. The van der Waals surface area contributed by atoms with Crippen LogP contribution in [0.25, 0.3) is 0 Å². The van der Waals surface area contributed by atoms with E-state index in [-0.39, 0.29) is 18.0 Å². The molecule has 6 heteroatoms. The van der Waals surface area contributed by atoms with Gasteiger partial charge in [0.25, 0.3) is 0 Å². The van der Waals surface area contributed by atoms with Crippen LogP contribution in [0.5, 0.6) is 0 Å².